The molecule has 0 atom stereocenters. The van der Waals surface area contributed by atoms with Crippen LogP contribution in [0.4, 0.5) is 5.69 Å². The van der Waals surface area contributed by atoms with Crippen molar-refractivity contribution in [3.05, 3.63) is 40.8 Å². The highest BCUT2D eigenvalue weighted by molar-refractivity contribution is 6.31. The molecule has 0 amide bonds. The summed E-state index contributed by atoms with van der Waals surface area (Å²) in [5.74, 6) is 0.740. The topological polar surface area (TPSA) is 51.8 Å². The minimum absolute atomic E-state index is 0.628. The van der Waals surface area contributed by atoms with Gasteiger partial charge in [-0.3, -0.25) is 0 Å². The molecule has 0 spiro atoms. The second-order valence-electron chi connectivity index (χ2n) is 3.67. The summed E-state index contributed by atoms with van der Waals surface area (Å²) < 4.78 is 0. The molecular formula is C12H12ClN3. The Bertz CT molecular complexity index is 518. The van der Waals surface area contributed by atoms with Crippen molar-refractivity contribution in [2.45, 2.75) is 13.8 Å². The van der Waals surface area contributed by atoms with Gasteiger partial charge in [-0.15, -0.1) is 0 Å². The molecule has 0 saturated carbocycles. The molecule has 0 unspecified atom stereocenters. The molecule has 1 aromatic carbocycles. The van der Waals surface area contributed by atoms with Gasteiger partial charge in [-0.25, -0.2) is 9.97 Å². The molecule has 2 N–H and O–H groups in total. The molecular weight excluding hydrogens is 222 g/mol. The molecule has 3 nitrogen and oxygen atoms in total. The minimum atomic E-state index is 0.628. The van der Waals surface area contributed by atoms with Gasteiger partial charge in [0.2, 0.25) is 0 Å². The molecule has 0 fully saturated rings. The van der Waals surface area contributed by atoms with E-state index in [1.165, 1.54) is 0 Å². The van der Waals surface area contributed by atoms with E-state index in [1.807, 2.05) is 26.0 Å². The van der Waals surface area contributed by atoms with E-state index in [9.17, 15) is 0 Å². The van der Waals surface area contributed by atoms with Gasteiger partial charge >= 0.3 is 0 Å². The molecule has 2 aromatic rings. The van der Waals surface area contributed by atoms with Gasteiger partial charge < -0.3 is 5.73 Å². The van der Waals surface area contributed by atoms with Crippen LogP contribution in [0.5, 0.6) is 0 Å². The number of hydrogen-bond donors (Lipinski definition) is 1. The Balaban J connectivity index is 2.58. The maximum atomic E-state index is 5.91. The lowest BCUT2D eigenvalue weighted by molar-refractivity contribution is 1.02. The summed E-state index contributed by atoms with van der Waals surface area (Å²) in [6.07, 6.45) is 0. The summed E-state index contributed by atoms with van der Waals surface area (Å²) in [5, 5.41) is 0.628. The van der Waals surface area contributed by atoms with Gasteiger partial charge in [-0.2, -0.15) is 0 Å². The van der Waals surface area contributed by atoms with Crippen LogP contribution < -0.4 is 5.73 Å². The van der Waals surface area contributed by atoms with Crippen LogP contribution in [0.2, 0.25) is 5.02 Å². The van der Waals surface area contributed by atoms with Crippen LogP contribution in [-0.4, -0.2) is 9.97 Å². The summed E-state index contributed by atoms with van der Waals surface area (Å²) in [6.45, 7) is 3.80. The number of nitrogens with zero attached hydrogens (tertiary/aromatic N) is 2. The first-order valence-electron chi connectivity index (χ1n) is 4.94. The average molecular weight is 234 g/mol. The monoisotopic (exact) mass is 233 g/mol. The zero-order valence-corrected chi connectivity index (χ0v) is 9.92. The SMILES string of the molecule is Cc1cc(-c2ccc(Cl)cc2N)nc(C)n1. The standard InChI is InChI=1S/C12H12ClN3/c1-7-5-12(16-8(2)15-7)10-4-3-9(13)6-11(10)14/h3-6H,14H2,1-2H3. The molecule has 0 aliphatic carbocycles. The third-order valence-electron chi connectivity index (χ3n) is 2.26. The highest BCUT2D eigenvalue weighted by Crippen LogP contribution is 2.27. The van der Waals surface area contributed by atoms with Crippen LogP contribution in [-0.2, 0) is 0 Å². The Morgan fingerprint density at radius 3 is 2.50 bits per heavy atom. The second kappa shape index (κ2) is 4.10. The molecule has 2 rings (SSSR count). The van der Waals surface area contributed by atoms with Gasteiger partial charge in [-0.05, 0) is 38.1 Å². The third-order valence-corrected chi connectivity index (χ3v) is 2.49. The number of anilines is 1. The van der Waals surface area contributed by atoms with Crippen molar-refractivity contribution in [3.8, 4) is 11.3 Å². The summed E-state index contributed by atoms with van der Waals surface area (Å²) in [7, 11) is 0. The normalized spacial score (nSPS) is 10.4. The lowest BCUT2D eigenvalue weighted by atomic mass is 10.1. The number of aromatic nitrogens is 2. The lowest BCUT2D eigenvalue weighted by Crippen LogP contribution is -1.96. The Kier molecular flexibility index (Phi) is 2.79. The number of rotatable bonds is 1. The molecule has 0 aliphatic rings. The first kappa shape index (κ1) is 10.9. The second-order valence-corrected chi connectivity index (χ2v) is 4.11. The van der Waals surface area contributed by atoms with Crippen molar-refractivity contribution in [1.82, 2.24) is 9.97 Å². The summed E-state index contributed by atoms with van der Waals surface area (Å²) in [5.41, 5.74) is 9.19. The van der Waals surface area contributed by atoms with Gasteiger partial charge in [0.25, 0.3) is 0 Å². The highest BCUT2D eigenvalue weighted by Gasteiger charge is 2.06. The maximum absolute atomic E-state index is 5.91. The fourth-order valence-corrected chi connectivity index (χ4v) is 1.80. The number of nitrogen functional groups attached to an aromatic ring is 1. The number of aryl methyl sites for hydroxylation is 2. The quantitative estimate of drug-likeness (QED) is 0.771. The van der Waals surface area contributed by atoms with E-state index in [1.54, 1.807) is 12.1 Å². The summed E-state index contributed by atoms with van der Waals surface area (Å²) in [6, 6.07) is 7.31. The zero-order valence-electron chi connectivity index (χ0n) is 9.16. The van der Waals surface area contributed by atoms with E-state index in [2.05, 4.69) is 9.97 Å². The predicted octanol–water partition coefficient (Wildman–Crippen LogP) is 3.00. The van der Waals surface area contributed by atoms with E-state index in [0.29, 0.717) is 10.7 Å². The van der Waals surface area contributed by atoms with Crippen molar-refractivity contribution in [1.29, 1.82) is 0 Å². The molecule has 16 heavy (non-hydrogen) atoms. The molecule has 1 heterocycles. The Morgan fingerprint density at radius 1 is 1.12 bits per heavy atom. The smallest absolute Gasteiger partial charge is 0.126 e. The Labute approximate surface area is 99.3 Å². The van der Waals surface area contributed by atoms with Crippen LogP contribution in [0.25, 0.3) is 11.3 Å². The fourth-order valence-electron chi connectivity index (χ4n) is 1.62. The van der Waals surface area contributed by atoms with Crippen LogP contribution in [0.1, 0.15) is 11.5 Å². The molecule has 0 bridgehead atoms. The van der Waals surface area contributed by atoms with E-state index in [-0.39, 0.29) is 0 Å². The van der Waals surface area contributed by atoms with E-state index in [0.717, 1.165) is 22.8 Å². The highest BCUT2D eigenvalue weighted by atomic mass is 35.5. The first-order valence-corrected chi connectivity index (χ1v) is 5.32. The Hall–Kier alpha value is -1.61. The third kappa shape index (κ3) is 2.14. The molecule has 0 saturated heterocycles. The first-order chi connectivity index (χ1) is 7.56. The van der Waals surface area contributed by atoms with Crippen LogP contribution in [0, 0.1) is 13.8 Å². The number of nitrogens with two attached hydrogens (primary N) is 1. The van der Waals surface area contributed by atoms with Gasteiger partial charge in [0.15, 0.2) is 0 Å². The van der Waals surface area contributed by atoms with Crippen molar-refractivity contribution in [2.24, 2.45) is 0 Å². The number of hydrogen-bond acceptors (Lipinski definition) is 3. The van der Waals surface area contributed by atoms with E-state index < -0.39 is 0 Å². The van der Waals surface area contributed by atoms with Gasteiger partial charge in [0.05, 0.1) is 5.69 Å². The molecule has 1 aromatic heterocycles. The molecule has 82 valence electrons. The predicted molar refractivity (Wildman–Crippen MR) is 66.4 cm³/mol. The lowest BCUT2D eigenvalue weighted by Gasteiger charge is -2.07. The summed E-state index contributed by atoms with van der Waals surface area (Å²) in [4.78, 5) is 8.59. The van der Waals surface area contributed by atoms with Gasteiger partial charge in [-0.1, -0.05) is 11.6 Å². The largest absolute Gasteiger partial charge is 0.398 e. The van der Waals surface area contributed by atoms with E-state index in [4.69, 9.17) is 17.3 Å². The van der Waals surface area contributed by atoms with Crippen molar-refractivity contribution >= 4 is 17.3 Å². The minimum Gasteiger partial charge on any atom is -0.398 e. The molecule has 0 aliphatic heterocycles. The number of benzene rings is 1. The molecule has 4 heteroatoms. The number of halogens is 1. The van der Waals surface area contributed by atoms with Gasteiger partial charge in [0, 0.05) is 22.0 Å². The summed E-state index contributed by atoms with van der Waals surface area (Å²) >= 11 is 5.85. The average Bonchev–Trinajstić information content (AvgIpc) is 2.15. The fraction of sp³-hybridized carbons (Fsp3) is 0.167. The van der Waals surface area contributed by atoms with Crippen LogP contribution >= 0.6 is 11.6 Å². The molecule has 0 radical (unpaired) electrons. The van der Waals surface area contributed by atoms with Crippen LogP contribution in [0.3, 0.4) is 0 Å². The zero-order chi connectivity index (χ0) is 11.7. The Morgan fingerprint density at radius 2 is 1.88 bits per heavy atom. The maximum Gasteiger partial charge on any atom is 0.126 e. The van der Waals surface area contributed by atoms with Crippen LogP contribution in [0.15, 0.2) is 24.3 Å². The van der Waals surface area contributed by atoms with Crippen molar-refractivity contribution in [3.63, 3.8) is 0 Å². The van der Waals surface area contributed by atoms with Crippen molar-refractivity contribution in [2.75, 3.05) is 5.73 Å². The van der Waals surface area contributed by atoms with Gasteiger partial charge in [0.1, 0.15) is 5.82 Å². The van der Waals surface area contributed by atoms with Crippen molar-refractivity contribution < 1.29 is 0 Å². The van der Waals surface area contributed by atoms with E-state index >= 15 is 0 Å².